The van der Waals surface area contributed by atoms with E-state index in [2.05, 4.69) is 46.0 Å². The number of thioether (sulfide) groups is 1. The Bertz CT molecular complexity index is 1500. The van der Waals surface area contributed by atoms with Crippen molar-refractivity contribution in [3.8, 4) is 0 Å². The molecule has 4 unspecified atom stereocenters. The van der Waals surface area contributed by atoms with Crippen molar-refractivity contribution in [2.75, 3.05) is 170 Å². The van der Waals surface area contributed by atoms with Crippen molar-refractivity contribution in [2.24, 2.45) is 52.1 Å². The summed E-state index contributed by atoms with van der Waals surface area (Å²) in [6.07, 6.45) is 17.8. The summed E-state index contributed by atoms with van der Waals surface area (Å²) in [5.74, 6) is 4.30. The lowest BCUT2D eigenvalue weighted by Crippen LogP contribution is -2.51. The van der Waals surface area contributed by atoms with E-state index in [0.717, 1.165) is 48.3 Å². The fraction of sp³-hybridized carbons (Fsp3) is 0.929. The van der Waals surface area contributed by atoms with Gasteiger partial charge in [-0.15, -0.1) is 11.8 Å². The van der Waals surface area contributed by atoms with Crippen LogP contribution in [0.2, 0.25) is 0 Å². The lowest BCUT2D eigenvalue weighted by atomic mass is 9.47. The number of hydrogen-bond acceptors (Lipinski definition) is 16. The van der Waals surface area contributed by atoms with Crippen molar-refractivity contribution in [1.29, 1.82) is 0 Å². The Kier molecular flexibility index (Phi) is 34.3. The van der Waals surface area contributed by atoms with Crippen LogP contribution in [-0.4, -0.2) is 199 Å². The highest BCUT2D eigenvalue weighted by molar-refractivity contribution is 8.00. The maximum absolute atomic E-state index is 11.7. The third-order valence-electron chi connectivity index (χ3n) is 16.0. The molecular weight excluding hydrogens is 973 g/mol. The monoisotopic (exact) mass is 1070 g/mol. The molecule has 3 fully saturated rings. The normalized spacial score (nSPS) is 25.3. The maximum Gasteiger partial charge on any atom is 0.321 e. The molecule has 9 atom stereocenters. The van der Waals surface area contributed by atoms with Crippen molar-refractivity contribution in [2.45, 2.75) is 117 Å². The number of aliphatic carboxylic acids is 1. The molecule has 4 N–H and O–H groups in total. The van der Waals surface area contributed by atoms with E-state index in [4.69, 9.17) is 67.7 Å². The summed E-state index contributed by atoms with van der Waals surface area (Å²) in [7, 11) is 0. The molecule has 0 aromatic carbocycles. The molecule has 0 aromatic rings. The fourth-order valence-electron chi connectivity index (χ4n) is 12.0. The predicted molar refractivity (Wildman–Crippen MR) is 288 cm³/mol. The minimum atomic E-state index is -1.08. The number of amides is 1. The van der Waals surface area contributed by atoms with Crippen LogP contribution in [0.25, 0.3) is 0 Å². The fourth-order valence-corrected chi connectivity index (χ4v) is 12.8. The van der Waals surface area contributed by atoms with E-state index in [9.17, 15) is 9.59 Å². The van der Waals surface area contributed by atoms with E-state index in [-0.39, 0.29) is 17.4 Å². The van der Waals surface area contributed by atoms with Crippen molar-refractivity contribution < 1.29 is 71.5 Å². The van der Waals surface area contributed by atoms with Crippen molar-refractivity contribution in [1.82, 2.24) is 5.32 Å². The van der Waals surface area contributed by atoms with Crippen LogP contribution in [0.5, 0.6) is 0 Å². The van der Waals surface area contributed by atoms with Crippen LogP contribution in [0, 0.1) is 46.3 Å². The highest BCUT2D eigenvalue weighted by Gasteiger charge is 2.59. The third-order valence-corrected chi connectivity index (χ3v) is 17.0. The number of carboxylic acids is 1. The molecule has 18 heteroatoms. The summed E-state index contributed by atoms with van der Waals surface area (Å²) in [5.41, 5.74) is 8.00. The van der Waals surface area contributed by atoms with Gasteiger partial charge in [0.25, 0.3) is 0 Å². The second-order valence-corrected chi connectivity index (χ2v) is 22.6. The molecule has 4 aliphatic carbocycles. The van der Waals surface area contributed by atoms with Crippen molar-refractivity contribution >= 4 is 23.6 Å². The van der Waals surface area contributed by atoms with Gasteiger partial charge in [0.1, 0.15) is 6.04 Å². The Balaban J connectivity index is 0.812. The third kappa shape index (κ3) is 25.1. The Hall–Kier alpha value is -1.49. The van der Waals surface area contributed by atoms with Crippen LogP contribution < -0.4 is 11.1 Å². The van der Waals surface area contributed by atoms with Gasteiger partial charge in [0.15, 0.2) is 0 Å². The number of carboxylic acid groups (broad SMARTS) is 1. The van der Waals surface area contributed by atoms with Gasteiger partial charge in [0, 0.05) is 12.3 Å². The van der Waals surface area contributed by atoms with Crippen LogP contribution in [0.4, 0.5) is 0 Å². The van der Waals surface area contributed by atoms with Crippen LogP contribution in [0.1, 0.15) is 105 Å². The topological polar surface area (TPSA) is 203 Å². The average molecular weight is 1080 g/mol. The Morgan fingerprint density at radius 3 is 1.58 bits per heavy atom. The number of allylic oxidation sites excluding steroid dienone is 1. The summed E-state index contributed by atoms with van der Waals surface area (Å²) in [5, 5.41) is 11.4. The van der Waals surface area contributed by atoms with Gasteiger partial charge in [-0.25, -0.2) is 0 Å². The predicted octanol–water partition coefficient (Wildman–Crippen LogP) is 6.86. The quantitative estimate of drug-likeness (QED) is 0.0421. The SMILES string of the molecule is CC(C)CCC[C@@H](C)[C@H]1CCC2C3CC=C4CC(OCCOCCOCCOCCOCCOCCOCCOCCOCCOCCOCCOCCNC(=O)CSC[C@H](N)C(=O)O)CC[C@]4(C)C3CC[C@@]21C. The molecule has 0 heterocycles. The zero-order chi connectivity index (χ0) is 53.1. The number of ether oxygens (including phenoxy) is 12. The largest absolute Gasteiger partial charge is 0.480 e. The second kappa shape index (κ2) is 39.0. The van der Waals surface area contributed by atoms with Crippen molar-refractivity contribution in [3.05, 3.63) is 11.6 Å². The summed E-state index contributed by atoms with van der Waals surface area (Å²) in [6, 6.07) is -0.972. The molecule has 0 aromatic heterocycles. The van der Waals surface area contributed by atoms with Gasteiger partial charge in [-0.1, -0.05) is 65.5 Å². The molecule has 1 amide bonds. The van der Waals surface area contributed by atoms with E-state index < -0.39 is 12.0 Å². The van der Waals surface area contributed by atoms with Crippen molar-refractivity contribution in [3.63, 3.8) is 0 Å². The summed E-state index contributed by atoms with van der Waals surface area (Å²) < 4.78 is 67.6. The van der Waals surface area contributed by atoms with Gasteiger partial charge in [-0.3, -0.25) is 9.59 Å². The molecule has 0 saturated heterocycles. The molecule has 0 bridgehead atoms. The Morgan fingerprint density at radius 2 is 1.11 bits per heavy atom. The highest BCUT2D eigenvalue weighted by atomic mass is 32.2. The maximum atomic E-state index is 11.7. The summed E-state index contributed by atoms with van der Waals surface area (Å²) >= 11 is 1.18. The van der Waals surface area contributed by atoms with Crippen LogP contribution in [0.15, 0.2) is 11.6 Å². The average Bonchev–Trinajstić information content (AvgIpc) is 3.74. The van der Waals surface area contributed by atoms with Gasteiger partial charge in [0.2, 0.25) is 5.91 Å². The van der Waals surface area contributed by atoms with Crippen LogP contribution in [0.3, 0.4) is 0 Å². The number of fused-ring (bicyclic) bond motifs is 5. The summed E-state index contributed by atoms with van der Waals surface area (Å²) in [6.45, 7) is 24.3. The Labute approximate surface area is 450 Å². The molecule has 0 radical (unpaired) electrons. The highest BCUT2D eigenvalue weighted by Crippen LogP contribution is 2.67. The van der Waals surface area contributed by atoms with E-state index in [1.807, 2.05) is 0 Å². The summed E-state index contributed by atoms with van der Waals surface area (Å²) in [4.78, 5) is 22.4. The molecular formula is C56H102N2O15S. The minimum absolute atomic E-state index is 0.151. The molecule has 432 valence electrons. The smallest absolute Gasteiger partial charge is 0.321 e. The molecule has 3 saturated carbocycles. The first-order valence-corrected chi connectivity index (χ1v) is 29.6. The van der Waals surface area contributed by atoms with Gasteiger partial charge < -0.3 is 73.0 Å². The van der Waals surface area contributed by atoms with Gasteiger partial charge in [0.05, 0.1) is 164 Å². The number of nitrogens with one attached hydrogen (secondary N) is 1. The molecule has 4 rings (SSSR count). The van der Waals surface area contributed by atoms with E-state index in [1.54, 1.807) is 5.57 Å². The standard InChI is InChI=1S/C56H102N2O15S/c1-44(2)7-6-8-45(3)49-11-12-50-48-10-9-46-41-47(13-15-55(46,4)51(48)14-16-56(49,50)5)73-40-39-72-38-37-71-36-35-70-34-33-69-32-31-68-30-29-67-28-27-66-26-25-65-24-23-64-22-21-63-20-19-62-18-17-58-53(59)43-74-42-52(57)54(60)61/h9,44-45,47-52H,6-8,10-43,57H2,1-5H3,(H,58,59)(H,60,61)/t45-,47?,48?,49-,50?,51?,52+,55+,56-/m1/s1. The van der Waals surface area contributed by atoms with Crippen LogP contribution in [-0.2, 0) is 66.4 Å². The first-order valence-electron chi connectivity index (χ1n) is 28.4. The second-order valence-electron chi connectivity index (χ2n) is 21.6. The van der Waals surface area contributed by atoms with E-state index in [0.29, 0.717) is 175 Å². The van der Waals surface area contributed by atoms with Gasteiger partial charge in [-0.2, -0.15) is 0 Å². The lowest BCUT2D eigenvalue weighted by molar-refractivity contribution is -0.138. The van der Waals surface area contributed by atoms with Gasteiger partial charge >= 0.3 is 5.97 Å². The molecule has 74 heavy (non-hydrogen) atoms. The van der Waals surface area contributed by atoms with E-state index in [1.165, 1.54) is 69.5 Å². The molecule has 17 nitrogen and oxygen atoms in total. The first-order chi connectivity index (χ1) is 36.0. The number of nitrogens with two attached hydrogens (primary N) is 1. The molecule has 4 aliphatic rings. The zero-order valence-electron chi connectivity index (χ0n) is 46.5. The molecule has 0 spiro atoms. The number of carbonyl (C=O) groups is 2. The first kappa shape index (κ1) is 65.0. The molecule has 0 aliphatic heterocycles. The van der Waals surface area contributed by atoms with Crippen LogP contribution >= 0.6 is 11.8 Å². The zero-order valence-corrected chi connectivity index (χ0v) is 47.3. The minimum Gasteiger partial charge on any atom is -0.480 e. The lowest BCUT2D eigenvalue weighted by Gasteiger charge is -2.58. The Morgan fingerprint density at radius 1 is 0.635 bits per heavy atom. The number of hydrogen-bond donors (Lipinski definition) is 3. The van der Waals surface area contributed by atoms with E-state index >= 15 is 0 Å². The number of rotatable bonds is 47. The number of carbonyl (C=O) groups excluding carboxylic acids is 1. The van der Waals surface area contributed by atoms with Gasteiger partial charge in [-0.05, 0) is 97.7 Å².